The first-order valence-corrected chi connectivity index (χ1v) is 14.9. The summed E-state index contributed by atoms with van der Waals surface area (Å²) >= 11 is 6.20. The molecule has 0 spiro atoms. The van der Waals surface area contributed by atoms with Crippen molar-refractivity contribution in [3.63, 3.8) is 0 Å². The molecule has 3 aromatic rings. The van der Waals surface area contributed by atoms with Gasteiger partial charge < -0.3 is 20.9 Å². The molecule has 1 aliphatic carbocycles. The lowest BCUT2D eigenvalue weighted by atomic mass is 9.93. The predicted molar refractivity (Wildman–Crippen MR) is 164 cm³/mol. The Labute approximate surface area is 242 Å². The molecule has 7 nitrogen and oxygen atoms in total. The van der Waals surface area contributed by atoms with Crippen molar-refractivity contribution in [3.05, 3.63) is 58.8 Å². The van der Waals surface area contributed by atoms with E-state index in [1.54, 1.807) is 6.07 Å². The summed E-state index contributed by atoms with van der Waals surface area (Å²) in [5, 5.41) is 3.62. The zero-order valence-corrected chi connectivity index (χ0v) is 24.6. The Balaban J connectivity index is 1.48. The van der Waals surface area contributed by atoms with E-state index in [0.29, 0.717) is 17.4 Å². The van der Waals surface area contributed by atoms with Gasteiger partial charge in [-0.3, -0.25) is 4.90 Å². The average Bonchev–Trinajstić information content (AvgIpc) is 2.96. The van der Waals surface area contributed by atoms with Gasteiger partial charge in [0.25, 0.3) is 0 Å². The van der Waals surface area contributed by atoms with Crippen molar-refractivity contribution in [2.75, 3.05) is 55.7 Å². The number of benzene rings is 2. The summed E-state index contributed by atoms with van der Waals surface area (Å²) in [7, 11) is 2.13. The van der Waals surface area contributed by atoms with Crippen LogP contribution < -0.4 is 16.0 Å². The first kappa shape index (κ1) is 28.6. The monoisotopic (exact) mass is 565 g/mol. The molecule has 0 atom stereocenters. The van der Waals surface area contributed by atoms with Crippen LogP contribution in [0.15, 0.2) is 36.7 Å². The number of nitrogens with two attached hydrogens (primary N) is 1. The number of hydrogen-bond donors (Lipinski definition) is 2. The Hall–Kier alpha value is -2.94. The van der Waals surface area contributed by atoms with Crippen LogP contribution in [0.25, 0.3) is 11.1 Å². The van der Waals surface area contributed by atoms with Crippen molar-refractivity contribution in [3.8, 4) is 11.1 Å². The molecule has 2 aromatic carbocycles. The van der Waals surface area contributed by atoms with E-state index in [1.807, 2.05) is 19.1 Å². The molecule has 214 valence electrons. The first-order valence-electron chi connectivity index (χ1n) is 14.5. The van der Waals surface area contributed by atoms with Gasteiger partial charge in [-0.05, 0) is 62.2 Å². The van der Waals surface area contributed by atoms with Crippen molar-refractivity contribution in [2.45, 2.75) is 58.5 Å². The molecule has 3 N–H and O–H groups in total. The molecular formula is C31H41ClFN7. The van der Waals surface area contributed by atoms with Crippen molar-refractivity contribution in [1.82, 2.24) is 19.8 Å². The van der Waals surface area contributed by atoms with E-state index in [-0.39, 0.29) is 16.7 Å². The van der Waals surface area contributed by atoms with Gasteiger partial charge in [0.15, 0.2) is 11.0 Å². The second-order valence-electron chi connectivity index (χ2n) is 11.1. The largest absolute Gasteiger partial charge is 0.393 e. The molecule has 0 amide bonds. The number of halogens is 2. The summed E-state index contributed by atoms with van der Waals surface area (Å²) in [4.78, 5) is 15.5. The van der Waals surface area contributed by atoms with Gasteiger partial charge in [0.2, 0.25) is 0 Å². The van der Waals surface area contributed by atoms with Crippen LogP contribution in [-0.2, 0) is 6.54 Å². The van der Waals surface area contributed by atoms with E-state index in [0.717, 1.165) is 67.3 Å². The van der Waals surface area contributed by atoms with Crippen LogP contribution in [0.2, 0.25) is 5.15 Å². The van der Waals surface area contributed by atoms with Crippen LogP contribution >= 0.6 is 11.6 Å². The SMILES string of the molecule is CCN(Cc1ccc(-c2ccc(N3CCN(C)CC3)c(Nc3ncnc(Cl)c3N)c2C)c(F)c1)C1CCCCC1. The Kier molecular flexibility index (Phi) is 9.08. The molecule has 0 unspecified atom stereocenters. The van der Waals surface area contributed by atoms with Gasteiger partial charge in [-0.1, -0.05) is 56.0 Å². The van der Waals surface area contributed by atoms with Gasteiger partial charge in [-0.25, -0.2) is 14.4 Å². The van der Waals surface area contributed by atoms with E-state index in [4.69, 9.17) is 17.3 Å². The van der Waals surface area contributed by atoms with Crippen molar-refractivity contribution < 1.29 is 4.39 Å². The third kappa shape index (κ3) is 6.19. The third-order valence-electron chi connectivity index (χ3n) is 8.57. The minimum Gasteiger partial charge on any atom is -0.393 e. The van der Waals surface area contributed by atoms with Crippen LogP contribution in [0.1, 0.15) is 50.2 Å². The lowest BCUT2D eigenvalue weighted by Crippen LogP contribution is -2.44. The van der Waals surface area contributed by atoms with E-state index in [1.165, 1.54) is 38.4 Å². The minimum atomic E-state index is -0.205. The zero-order chi connectivity index (χ0) is 28.2. The quantitative estimate of drug-likeness (QED) is 0.303. The molecule has 2 aliphatic rings. The Morgan fingerprint density at radius 3 is 2.48 bits per heavy atom. The summed E-state index contributed by atoms with van der Waals surface area (Å²) in [5.74, 6) is 0.233. The van der Waals surface area contributed by atoms with Crippen molar-refractivity contribution in [2.24, 2.45) is 0 Å². The Morgan fingerprint density at radius 1 is 1.05 bits per heavy atom. The number of likely N-dealkylation sites (N-methyl/N-ethyl adjacent to an activating group) is 1. The number of rotatable bonds is 8. The van der Waals surface area contributed by atoms with E-state index in [2.05, 4.69) is 56.1 Å². The highest BCUT2D eigenvalue weighted by molar-refractivity contribution is 6.32. The molecule has 0 bridgehead atoms. The lowest BCUT2D eigenvalue weighted by molar-refractivity contribution is 0.156. The highest BCUT2D eigenvalue weighted by atomic mass is 35.5. The third-order valence-corrected chi connectivity index (χ3v) is 8.87. The summed E-state index contributed by atoms with van der Waals surface area (Å²) < 4.78 is 15.8. The molecule has 1 aliphatic heterocycles. The molecular weight excluding hydrogens is 525 g/mol. The summed E-state index contributed by atoms with van der Waals surface area (Å²) in [6.45, 7) is 9.69. The number of nitrogens with zero attached hydrogens (tertiary/aromatic N) is 5. The predicted octanol–water partition coefficient (Wildman–Crippen LogP) is 6.48. The number of aromatic nitrogens is 2. The second kappa shape index (κ2) is 12.7. The maximum Gasteiger partial charge on any atom is 0.158 e. The fourth-order valence-corrected chi connectivity index (χ4v) is 6.24. The van der Waals surface area contributed by atoms with Gasteiger partial charge in [0, 0.05) is 44.3 Å². The summed E-state index contributed by atoms with van der Waals surface area (Å²) in [6, 6.07) is 10.4. The molecule has 0 radical (unpaired) electrons. The summed E-state index contributed by atoms with van der Waals surface area (Å²) in [5.41, 5.74) is 11.7. The molecule has 40 heavy (non-hydrogen) atoms. The molecule has 1 saturated heterocycles. The molecule has 5 rings (SSSR count). The Bertz CT molecular complexity index is 1320. The van der Waals surface area contributed by atoms with Crippen LogP contribution in [0.3, 0.4) is 0 Å². The van der Waals surface area contributed by atoms with E-state index in [9.17, 15) is 0 Å². The minimum absolute atomic E-state index is 0.198. The van der Waals surface area contributed by atoms with Crippen LogP contribution in [0.5, 0.6) is 0 Å². The van der Waals surface area contributed by atoms with Crippen molar-refractivity contribution >= 4 is 34.5 Å². The number of nitrogen functional groups attached to an aromatic ring is 1. The maximum absolute atomic E-state index is 15.8. The fourth-order valence-electron chi connectivity index (χ4n) is 6.11. The van der Waals surface area contributed by atoms with Crippen LogP contribution in [-0.4, -0.2) is 65.6 Å². The van der Waals surface area contributed by atoms with Crippen LogP contribution in [0.4, 0.5) is 27.3 Å². The fraction of sp³-hybridized carbons (Fsp3) is 0.484. The lowest BCUT2D eigenvalue weighted by Gasteiger charge is -2.36. The van der Waals surface area contributed by atoms with E-state index < -0.39 is 0 Å². The standard InChI is InChI=1S/C31H41ClFN7/c1-4-39(23-8-6-5-7-9-23)19-22-10-11-25(26(33)18-22)24-12-13-27(40-16-14-38(3)15-17-40)29(21(24)2)37-31-28(34)30(32)35-20-36-31/h10-13,18,20,23H,4-9,14-17,19,34H2,1-3H3,(H,35,36,37). The van der Waals surface area contributed by atoms with Gasteiger partial charge >= 0.3 is 0 Å². The molecule has 1 saturated carbocycles. The number of hydrogen-bond acceptors (Lipinski definition) is 7. The second-order valence-corrected chi connectivity index (χ2v) is 11.5. The first-order chi connectivity index (χ1) is 19.4. The Morgan fingerprint density at radius 2 is 1.77 bits per heavy atom. The molecule has 9 heteroatoms. The van der Waals surface area contributed by atoms with Crippen LogP contribution in [0, 0.1) is 12.7 Å². The topological polar surface area (TPSA) is 73.5 Å². The molecule has 1 aromatic heterocycles. The normalized spacial score (nSPS) is 17.0. The smallest absolute Gasteiger partial charge is 0.158 e. The highest BCUT2D eigenvalue weighted by Gasteiger charge is 2.23. The average molecular weight is 566 g/mol. The van der Waals surface area contributed by atoms with E-state index >= 15 is 4.39 Å². The van der Waals surface area contributed by atoms with Gasteiger partial charge in [-0.2, -0.15) is 0 Å². The zero-order valence-electron chi connectivity index (χ0n) is 23.9. The summed E-state index contributed by atoms with van der Waals surface area (Å²) in [6.07, 6.45) is 7.79. The number of piperazine rings is 1. The molecule has 2 heterocycles. The highest BCUT2D eigenvalue weighted by Crippen LogP contribution is 2.40. The number of nitrogens with one attached hydrogen (secondary N) is 1. The van der Waals surface area contributed by atoms with Gasteiger partial charge in [-0.15, -0.1) is 0 Å². The van der Waals surface area contributed by atoms with Gasteiger partial charge in [0.05, 0.1) is 11.4 Å². The number of anilines is 4. The maximum atomic E-state index is 15.8. The van der Waals surface area contributed by atoms with Crippen molar-refractivity contribution in [1.29, 1.82) is 0 Å². The molecule has 2 fully saturated rings. The van der Waals surface area contributed by atoms with Gasteiger partial charge in [0.1, 0.15) is 17.8 Å².